The summed E-state index contributed by atoms with van der Waals surface area (Å²) in [6, 6.07) is 3.99. The number of nitrogens with zero attached hydrogens (tertiary/aromatic N) is 2. The molecule has 1 atom stereocenters. The first-order valence-electron chi connectivity index (χ1n) is 6.70. The molecule has 1 aliphatic heterocycles. The van der Waals surface area contributed by atoms with Gasteiger partial charge >= 0.3 is 0 Å². The van der Waals surface area contributed by atoms with E-state index in [0.29, 0.717) is 24.1 Å². The van der Waals surface area contributed by atoms with Gasteiger partial charge in [0.25, 0.3) is 5.91 Å². The van der Waals surface area contributed by atoms with E-state index < -0.39 is 0 Å². The number of pyridine rings is 1. The van der Waals surface area contributed by atoms with Gasteiger partial charge in [0.15, 0.2) is 0 Å². The largest absolute Gasteiger partial charge is 0.352 e. The van der Waals surface area contributed by atoms with Crippen molar-refractivity contribution < 1.29 is 4.79 Å². The maximum atomic E-state index is 12.0. The van der Waals surface area contributed by atoms with E-state index in [1.807, 2.05) is 0 Å². The molecule has 1 unspecified atom stereocenters. The molecule has 0 bridgehead atoms. The highest BCUT2D eigenvalue weighted by Gasteiger charge is 2.24. The van der Waals surface area contributed by atoms with Gasteiger partial charge in [-0.3, -0.25) is 4.79 Å². The Balaban J connectivity index is 1.84. The second-order valence-corrected chi connectivity index (χ2v) is 5.65. The van der Waals surface area contributed by atoms with E-state index in [2.05, 4.69) is 29.0 Å². The molecule has 2 rings (SSSR count). The summed E-state index contributed by atoms with van der Waals surface area (Å²) in [5.41, 5.74) is 0.447. The first kappa shape index (κ1) is 14.3. The van der Waals surface area contributed by atoms with Gasteiger partial charge in [-0.25, -0.2) is 4.98 Å². The fraction of sp³-hybridized carbons (Fsp3) is 0.571. The Morgan fingerprint density at radius 2 is 2.42 bits per heavy atom. The van der Waals surface area contributed by atoms with Crippen LogP contribution in [0.2, 0.25) is 5.15 Å². The second-order valence-electron chi connectivity index (χ2n) is 5.30. The molecule has 0 radical (unpaired) electrons. The topological polar surface area (TPSA) is 45.2 Å². The van der Waals surface area contributed by atoms with E-state index in [1.165, 1.54) is 0 Å². The van der Waals surface area contributed by atoms with Crippen LogP contribution < -0.4 is 5.32 Å². The third kappa shape index (κ3) is 3.67. The summed E-state index contributed by atoms with van der Waals surface area (Å²) in [6.07, 6.45) is 2.72. The van der Waals surface area contributed by atoms with Crippen LogP contribution in [-0.2, 0) is 0 Å². The van der Waals surface area contributed by atoms with Gasteiger partial charge in [0.05, 0.1) is 5.56 Å². The molecular weight excluding hydrogens is 262 g/mol. The van der Waals surface area contributed by atoms with Gasteiger partial charge in [0, 0.05) is 25.3 Å². The molecule has 19 heavy (non-hydrogen) atoms. The zero-order chi connectivity index (χ0) is 13.8. The summed E-state index contributed by atoms with van der Waals surface area (Å²) in [5, 5.41) is 3.21. The second kappa shape index (κ2) is 6.35. The molecule has 1 N–H and O–H groups in total. The van der Waals surface area contributed by atoms with Crippen LogP contribution in [0.1, 0.15) is 30.6 Å². The number of carbonyl (C=O) groups is 1. The zero-order valence-electron chi connectivity index (χ0n) is 11.4. The smallest absolute Gasteiger partial charge is 0.254 e. The van der Waals surface area contributed by atoms with E-state index in [4.69, 9.17) is 11.6 Å². The Morgan fingerprint density at radius 3 is 3.05 bits per heavy atom. The Labute approximate surface area is 119 Å². The Kier molecular flexibility index (Phi) is 4.77. The highest BCUT2D eigenvalue weighted by Crippen LogP contribution is 2.18. The van der Waals surface area contributed by atoms with Gasteiger partial charge in [-0.15, -0.1) is 0 Å². The van der Waals surface area contributed by atoms with Crippen LogP contribution in [0.5, 0.6) is 0 Å². The monoisotopic (exact) mass is 281 g/mol. The molecule has 2 heterocycles. The number of rotatable bonds is 4. The normalized spacial score (nSPS) is 19.9. The minimum absolute atomic E-state index is 0.138. The highest BCUT2D eigenvalue weighted by atomic mass is 35.5. The molecule has 104 valence electrons. The van der Waals surface area contributed by atoms with Crippen molar-refractivity contribution in [3.8, 4) is 0 Å². The third-order valence-electron chi connectivity index (χ3n) is 3.60. The van der Waals surface area contributed by atoms with Crippen LogP contribution in [0, 0.1) is 5.92 Å². The number of halogens is 1. The number of aromatic nitrogens is 1. The van der Waals surface area contributed by atoms with Gasteiger partial charge < -0.3 is 10.2 Å². The van der Waals surface area contributed by atoms with E-state index in [1.54, 1.807) is 18.3 Å². The van der Waals surface area contributed by atoms with Crippen LogP contribution in [0.25, 0.3) is 0 Å². The number of amides is 1. The van der Waals surface area contributed by atoms with Crippen molar-refractivity contribution in [2.75, 3.05) is 19.6 Å². The van der Waals surface area contributed by atoms with Crippen molar-refractivity contribution in [1.82, 2.24) is 15.2 Å². The molecular formula is C14H20ClN3O. The van der Waals surface area contributed by atoms with Gasteiger partial charge in [0.1, 0.15) is 5.15 Å². The lowest BCUT2D eigenvalue weighted by Crippen LogP contribution is -2.33. The molecule has 0 aliphatic carbocycles. The lowest BCUT2D eigenvalue weighted by Gasteiger charge is -2.20. The summed E-state index contributed by atoms with van der Waals surface area (Å²) in [5.74, 6) is 0.392. The summed E-state index contributed by atoms with van der Waals surface area (Å²) in [6.45, 7) is 7.28. The molecule has 1 amide bonds. The Hall–Kier alpha value is -1.13. The molecule has 1 saturated heterocycles. The SMILES string of the molecule is CC(C)N1CCC(CNC(=O)c2cccnc2Cl)C1. The van der Waals surface area contributed by atoms with E-state index >= 15 is 0 Å². The van der Waals surface area contributed by atoms with Crippen molar-refractivity contribution in [1.29, 1.82) is 0 Å². The van der Waals surface area contributed by atoms with Crippen molar-refractivity contribution in [3.63, 3.8) is 0 Å². The van der Waals surface area contributed by atoms with Crippen molar-refractivity contribution in [2.45, 2.75) is 26.3 Å². The zero-order valence-corrected chi connectivity index (χ0v) is 12.2. The number of nitrogens with one attached hydrogen (secondary N) is 1. The molecule has 4 nitrogen and oxygen atoms in total. The summed E-state index contributed by atoms with van der Waals surface area (Å²) < 4.78 is 0. The van der Waals surface area contributed by atoms with Crippen molar-refractivity contribution in [3.05, 3.63) is 29.0 Å². The van der Waals surface area contributed by atoms with E-state index in [0.717, 1.165) is 19.5 Å². The lowest BCUT2D eigenvalue weighted by atomic mass is 10.1. The predicted octanol–water partition coefficient (Wildman–Crippen LogP) is 2.20. The van der Waals surface area contributed by atoms with Gasteiger partial charge in [-0.05, 0) is 44.9 Å². The number of likely N-dealkylation sites (tertiary alicyclic amines) is 1. The molecule has 1 aliphatic rings. The summed E-state index contributed by atoms with van der Waals surface area (Å²) in [7, 11) is 0. The van der Waals surface area contributed by atoms with Crippen molar-refractivity contribution in [2.24, 2.45) is 5.92 Å². The Morgan fingerprint density at radius 1 is 1.63 bits per heavy atom. The average molecular weight is 282 g/mol. The van der Waals surface area contributed by atoms with Crippen LogP contribution in [0.15, 0.2) is 18.3 Å². The molecule has 1 aromatic heterocycles. The van der Waals surface area contributed by atoms with E-state index in [9.17, 15) is 4.79 Å². The number of carbonyl (C=O) groups excluding carboxylic acids is 1. The minimum Gasteiger partial charge on any atom is -0.352 e. The van der Waals surface area contributed by atoms with Gasteiger partial charge in [-0.1, -0.05) is 11.6 Å². The van der Waals surface area contributed by atoms with Crippen molar-refractivity contribution >= 4 is 17.5 Å². The summed E-state index contributed by atoms with van der Waals surface area (Å²) in [4.78, 5) is 18.3. The first-order valence-corrected chi connectivity index (χ1v) is 7.08. The standard InChI is InChI=1S/C14H20ClN3O/c1-10(2)18-7-5-11(9-18)8-17-14(19)12-4-3-6-16-13(12)15/h3-4,6,10-11H,5,7-9H2,1-2H3,(H,17,19). The average Bonchev–Trinajstić information content (AvgIpc) is 2.85. The predicted molar refractivity (Wildman–Crippen MR) is 76.4 cm³/mol. The minimum atomic E-state index is -0.138. The van der Waals surface area contributed by atoms with Crippen LogP contribution in [0.3, 0.4) is 0 Å². The first-order chi connectivity index (χ1) is 9.08. The van der Waals surface area contributed by atoms with Gasteiger partial charge in [0.2, 0.25) is 0 Å². The lowest BCUT2D eigenvalue weighted by molar-refractivity contribution is 0.0947. The van der Waals surface area contributed by atoms with Crippen LogP contribution in [-0.4, -0.2) is 41.5 Å². The molecule has 1 fully saturated rings. The van der Waals surface area contributed by atoms with Crippen LogP contribution in [0.4, 0.5) is 0 Å². The Bertz CT molecular complexity index is 450. The van der Waals surface area contributed by atoms with Crippen LogP contribution >= 0.6 is 11.6 Å². The molecule has 5 heteroatoms. The third-order valence-corrected chi connectivity index (χ3v) is 3.90. The number of hydrogen-bond donors (Lipinski definition) is 1. The van der Waals surface area contributed by atoms with Gasteiger partial charge in [-0.2, -0.15) is 0 Å². The maximum absolute atomic E-state index is 12.0. The fourth-order valence-corrected chi connectivity index (χ4v) is 2.59. The maximum Gasteiger partial charge on any atom is 0.254 e. The fourth-order valence-electron chi connectivity index (χ4n) is 2.39. The molecule has 0 spiro atoms. The molecule has 1 aromatic rings. The highest BCUT2D eigenvalue weighted by molar-refractivity contribution is 6.32. The number of hydrogen-bond acceptors (Lipinski definition) is 3. The molecule has 0 saturated carbocycles. The molecule has 0 aromatic carbocycles. The van der Waals surface area contributed by atoms with E-state index in [-0.39, 0.29) is 11.1 Å². The quantitative estimate of drug-likeness (QED) is 0.861. The summed E-state index contributed by atoms with van der Waals surface area (Å²) >= 11 is 5.90.